The first-order valence-electron chi connectivity index (χ1n) is 5.70. The molecule has 0 aliphatic heterocycles. The number of halogens is 1. The molecule has 3 heteroatoms. The van der Waals surface area contributed by atoms with Gasteiger partial charge in [0.25, 0.3) is 5.91 Å². The van der Waals surface area contributed by atoms with Gasteiger partial charge < -0.3 is 4.90 Å². The zero-order valence-electron chi connectivity index (χ0n) is 9.66. The van der Waals surface area contributed by atoms with Crippen LogP contribution < -0.4 is 0 Å². The van der Waals surface area contributed by atoms with E-state index < -0.39 is 0 Å². The topological polar surface area (TPSA) is 20.3 Å². The molecule has 1 rings (SSSR count). The van der Waals surface area contributed by atoms with E-state index in [0.717, 1.165) is 24.9 Å². The molecule has 0 spiro atoms. The molecule has 88 valence electrons. The van der Waals surface area contributed by atoms with E-state index in [0.29, 0.717) is 12.4 Å². The molecule has 1 amide bonds. The highest BCUT2D eigenvalue weighted by Crippen LogP contribution is 2.06. The van der Waals surface area contributed by atoms with Crippen LogP contribution in [-0.4, -0.2) is 29.8 Å². The molecule has 0 bridgehead atoms. The van der Waals surface area contributed by atoms with Crippen LogP contribution in [0.15, 0.2) is 30.3 Å². The van der Waals surface area contributed by atoms with Crippen molar-refractivity contribution in [3.8, 4) is 0 Å². The van der Waals surface area contributed by atoms with Crippen molar-refractivity contribution in [1.82, 2.24) is 4.90 Å². The van der Waals surface area contributed by atoms with Crippen LogP contribution in [0.5, 0.6) is 0 Å². The van der Waals surface area contributed by atoms with Gasteiger partial charge in [-0.3, -0.25) is 4.79 Å². The highest BCUT2D eigenvalue weighted by molar-refractivity contribution is 6.18. The van der Waals surface area contributed by atoms with E-state index in [2.05, 4.69) is 6.92 Å². The summed E-state index contributed by atoms with van der Waals surface area (Å²) in [5, 5.41) is 0. The fourth-order valence-corrected chi connectivity index (χ4v) is 1.73. The average molecular weight is 240 g/mol. The lowest BCUT2D eigenvalue weighted by molar-refractivity contribution is 0.0763. The van der Waals surface area contributed by atoms with Gasteiger partial charge in [-0.15, -0.1) is 11.6 Å². The summed E-state index contributed by atoms with van der Waals surface area (Å²) < 4.78 is 0. The predicted octanol–water partition coefficient (Wildman–Crippen LogP) is 3.17. The van der Waals surface area contributed by atoms with Crippen LogP contribution in [0.3, 0.4) is 0 Å². The first kappa shape index (κ1) is 13.0. The summed E-state index contributed by atoms with van der Waals surface area (Å²) >= 11 is 5.71. The third-order valence-corrected chi connectivity index (χ3v) is 2.61. The SMILES string of the molecule is CCCCN(CCCl)C(=O)c1ccccc1. The normalized spacial score (nSPS) is 10.1. The summed E-state index contributed by atoms with van der Waals surface area (Å²) in [5.74, 6) is 0.567. The van der Waals surface area contributed by atoms with E-state index in [1.54, 1.807) is 0 Å². The minimum absolute atomic E-state index is 0.0784. The molecule has 16 heavy (non-hydrogen) atoms. The van der Waals surface area contributed by atoms with E-state index in [1.807, 2.05) is 35.2 Å². The summed E-state index contributed by atoms with van der Waals surface area (Å²) in [5.41, 5.74) is 0.740. The summed E-state index contributed by atoms with van der Waals surface area (Å²) in [6.45, 7) is 3.53. The lowest BCUT2D eigenvalue weighted by Gasteiger charge is -2.21. The average Bonchev–Trinajstić information content (AvgIpc) is 2.35. The molecule has 0 aromatic heterocycles. The number of carbonyl (C=O) groups is 1. The highest BCUT2D eigenvalue weighted by atomic mass is 35.5. The molecule has 0 unspecified atom stereocenters. The molecule has 0 aliphatic rings. The van der Waals surface area contributed by atoms with E-state index in [-0.39, 0.29) is 5.91 Å². The molecule has 0 aliphatic carbocycles. The Kier molecular flexibility index (Phi) is 5.94. The van der Waals surface area contributed by atoms with Gasteiger partial charge in [-0.05, 0) is 18.6 Å². The van der Waals surface area contributed by atoms with Crippen molar-refractivity contribution < 1.29 is 4.79 Å². The van der Waals surface area contributed by atoms with Gasteiger partial charge in [-0.1, -0.05) is 31.5 Å². The van der Waals surface area contributed by atoms with E-state index in [9.17, 15) is 4.79 Å². The maximum atomic E-state index is 12.1. The number of rotatable bonds is 6. The van der Waals surface area contributed by atoms with E-state index in [4.69, 9.17) is 11.6 Å². The molecule has 1 aromatic rings. The zero-order valence-corrected chi connectivity index (χ0v) is 10.4. The molecule has 0 saturated heterocycles. The fraction of sp³-hybridized carbons (Fsp3) is 0.462. The molecule has 0 fully saturated rings. The summed E-state index contributed by atoms with van der Waals surface area (Å²) in [6.07, 6.45) is 2.11. The lowest BCUT2D eigenvalue weighted by Crippen LogP contribution is -2.33. The monoisotopic (exact) mass is 239 g/mol. The Bertz CT molecular complexity index is 313. The second-order valence-corrected chi connectivity index (χ2v) is 4.08. The van der Waals surface area contributed by atoms with Crippen molar-refractivity contribution in [1.29, 1.82) is 0 Å². The van der Waals surface area contributed by atoms with Crippen LogP contribution in [-0.2, 0) is 0 Å². The lowest BCUT2D eigenvalue weighted by atomic mass is 10.2. The molecule has 2 nitrogen and oxygen atoms in total. The second-order valence-electron chi connectivity index (χ2n) is 3.70. The van der Waals surface area contributed by atoms with Gasteiger partial charge in [-0.25, -0.2) is 0 Å². The number of nitrogens with zero attached hydrogens (tertiary/aromatic N) is 1. The maximum absolute atomic E-state index is 12.1. The third-order valence-electron chi connectivity index (χ3n) is 2.44. The Morgan fingerprint density at radius 2 is 1.94 bits per heavy atom. The van der Waals surface area contributed by atoms with Gasteiger partial charge in [0.2, 0.25) is 0 Å². The van der Waals surface area contributed by atoms with Crippen molar-refractivity contribution >= 4 is 17.5 Å². The number of hydrogen-bond acceptors (Lipinski definition) is 1. The second kappa shape index (κ2) is 7.29. The molecule has 1 aromatic carbocycles. The number of unbranched alkanes of at least 4 members (excludes halogenated alkanes) is 1. The van der Waals surface area contributed by atoms with E-state index in [1.165, 1.54) is 0 Å². The molecule has 0 saturated carbocycles. The molecular weight excluding hydrogens is 222 g/mol. The molecular formula is C13H18ClNO. The van der Waals surface area contributed by atoms with Crippen molar-refractivity contribution in [2.75, 3.05) is 19.0 Å². The predicted molar refractivity (Wildman–Crippen MR) is 68.0 cm³/mol. The largest absolute Gasteiger partial charge is 0.337 e. The van der Waals surface area contributed by atoms with Gasteiger partial charge in [0, 0.05) is 24.5 Å². The van der Waals surface area contributed by atoms with Crippen LogP contribution in [0.2, 0.25) is 0 Å². The number of amides is 1. The quantitative estimate of drug-likeness (QED) is 0.699. The van der Waals surface area contributed by atoms with Gasteiger partial charge in [0.05, 0.1) is 0 Å². The van der Waals surface area contributed by atoms with Crippen molar-refractivity contribution in [2.45, 2.75) is 19.8 Å². The van der Waals surface area contributed by atoms with Crippen LogP contribution >= 0.6 is 11.6 Å². The minimum atomic E-state index is 0.0784. The van der Waals surface area contributed by atoms with Gasteiger partial charge in [0.15, 0.2) is 0 Å². The van der Waals surface area contributed by atoms with Crippen molar-refractivity contribution in [2.24, 2.45) is 0 Å². The number of carbonyl (C=O) groups excluding carboxylic acids is 1. The summed E-state index contributed by atoms with van der Waals surface area (Å²) in [4.78, 5) is 13.9. The fourth-order valence-electron chi connectivity index (χ4n) is 1.53. The van der Waals surface area contributed by atoms with Crippen LogP contribution in [0, 0.1) is 0 Å². The smallest absolute Gasteiger partial charge is 0.253 e. The van der Waals surface area contributed by atoms with Crippen LogP contribution in [0.25, 0.3) is 0 Å². The highest BCUT2D eigenvalue weighted by Gasteiger charge is 2.13. The summed E-state index contributed by atoms with van der Waals surface area (Å²) in [6, 6.07) is 9.36. The van der Waals surface area contributed by atoms with Crippen molar-refractivity contribution in [3.05, 3.63) is 35.9 Å². The maximum Gasteiger partial charge on any atom is 0.253 e. The number of alkyl halides is 1. The van der Waals surface area contributed by atoms with Crippen LogP contribution in [0.1, 0.15) is 30.1 Å². The molecule has 0 atom stereocenters. The standard InChI is InChI=1S/C13H18ClNO/c1-2-3-10-15(11-9-14)13(16)12-7-5-4-6-8-12/h4-8H,2-3,9-11H2,1H3. The molecule has 0 N–H and O–H groups in total. The Morgan fingerprint density at radius 3 is 2.50 bits per heavy atom. The van der Waals surface area contributed by atoms with Gasteiger partial charge in [-0.2, -0.15) is 0 Å². The van der Waals surface area contributed by atoms with E-state index >= 15 is 0 Å². The Labute approximate surface area is 102 Å². The molecule has 0 radical (unpaired) electrons. The van der Waals surface area contributed by atoms with Gasteiger partial charge in [0.1, 0.15) is 0 Å². The van der Waals surface area contributed by atoms with Crippen molar-refractivity contribution in [3.63, 3.8) is 0 Å². The first-order chi connectivity index (χ1) is 7.79. The number of benzene rings is 1. The zero-order chi connectivity index (χ0) is 11.8. The van der Waals surface area contributed by atoms with Gasteiger partial charge >= 0.3 is 0 Å². The van der Waals surface area contributed by atoms with Crippen LogP contribution in [0.4, 0.5) is 0 Å². The Morgan fingerprint density at radius 1 is 1.25 bits per heavy atom. The minimum Gasteiger partial charge on any atom is -0.337 e. The summed E-state index contributed by atoms with van der Waals surface area (Å²) in [7, 11) is 0. The first-order valence-corrected chi connectivity index (χ1v) is 6.23. The molecule has 0 heterocycles. The number of hydrogen-bond donors (Lipinski definition) is 0. The Balaban J connectivity index is 2.67. The third kappa shape index (κ3) is 3.86. The Hall–Kier alpha value is -1.02.